The van der Waals surface area contributed by atoms with E-state index in [1.807, 2.05) is 0 Å². The Bertz CT molecular complexity index is 1410. The maximum Gasteiger partial charge on any atom is 0.433 e. The van der Waals surface area contributed by atoms with Gasteiger partial charge in [-0.05, 0) is 74.8 Å². The Hall–Kier alpha value is -2.30. The third-order valence-electron chi connectivity index (χ3n) is 9.86. The lowest BCUT2D eigenvalue weighted by Crippen LogP contribution is -2.44. The molecule has 13 heteroatoms. The smallest absolute Gasteiger partial charge is 0.433 e. The van der Waals surface area contributed by atoms with Crippen molar-refractivity contribution in [3.63, 3.8) is 0 Å². The van der Waals surface area contributed by atoms with Crippen LogP contribution in [0.5, 0.6) is 0 Å². The SMILES string of the molecule is CC1(C(=O)O)CCC(n2ncc(C(=O)N(CC(=O)c3c(Cl)cc(Cl)cc3Cl)[C@H]3C[C@@H]4[C@H](C3)C4(C)C)c2C(F)(F)F)CC1. The standard InChI is InChI=1S/C29H31Cl3F3N3O4/c1-27(2)18-10-16(11-19(18)27)37(13-22(39)23-20(31)8-14(30)9-21(23)32)25(40)17-12-36-38(24(17)29(33,34)35)15-4-6-28(3,7-5-15)26(41)42/h8-9,12,15-16,18-19H,4-7,10-11,13H2,1-3H3,(H,41,42)/t15?,16-,18+,19-,28?. The molecule has 0 saturated heterocycles. The summed E-state index contributed by atoms with van der Waals surface area (Å²) >= 11 is 18.5. The normalized spacial score (nSPS) is 28.3. The quantitative estimate of drug-likeness (QED) is 0.309. The van der Waals surface area contributed by atoms with Crippen LogP contribution in [0.3, 0.4) is 0 Å². The van der Waals surface area contributed by atoms with E-state index < -0.39 is 59.1 Å². The Kier molecular flexibility index (Phi) is 7.93. The zero-order valence-corrected chi connectivity index (χ0v) is 25.5. The minimum Gasteiger partial charge on any atom is -0.481 e. The lowest BCUT2D eigenvalue weighted by Gasteiger charge is -2.35. The number of halogens is 6. The summed E-state index contributed by atoms with van der Waals surface area (Å²) < 4.78 is 44.6. The van der Waals surface area contributed by atoms with Gasteiger partial charge in [0.1, 0.15) is 0 Å². The molecule has 42 heavy (non-hydrogen) atoms. The van der Waals surface area contributed by atoms with E-state index in [0.29, 0.717) is 24.7 Å². The van der Waals surface area contributed by atoms with E-state index in [2.05, 4.69) is 18.9 Å². The predicted octanol–water partition coefficient (Wildman–Crippen LogP) is 7.83. The highest BCUT2D eigenvalue weighted by atomic mass is 35.5. The Morgan fingerprint density at radius 1 is 1.05 bits per heavy atom. The number of carbonyl (C=O) groups is 3. The van der Waals surface area contributed by atoms with Crippen molar-refractivity contribution in [2.24, 2.45) is 22.7 Å². The van der Waals surface area contributed by atoms with E-state index in [4.69, 9.17) is 34.8 Å². The first-order chi connectivity index (χ1) is 19.5. The first kappa shape index (κ1) is 31.1. The number of ketones is 1. The Morgan fingerprint density at radius 3 is 2.10 bits per heavy atom. The number of hydrogen-bond acceptors (Lipinski definition) is 4. The third kappa shape index (κ3) is 5.43. The zero-order valence-electron chi connectivity index (χ0n) is 23.3. The molecule has 2 aromatic rings. The summed E-state index contributed by atoms with van der Waals surface area (Å²) in [5.74, 6) is -1.96. The molecule has 1 heterocycles. The molecule has 3 aliphatic rings. The number of fused-ring (bicyclic) bond motifs is 1. The fourth-order valence-electron chi connectivity index (χ4n) is 7.07. The lowest BCUT2D eigenvalue weighted by atomic mass is 9.74. The number of carboxylic acids is 1. The molecule has 0 unspecified atom stereocenters. The van der Waals surface area contributed by atoms with Crippen LogP contribution in [0.1, 0.15) is 91.7 Å². The molecule has 7 nitrogen and oxygen atoms in total. The number of carbonyl (C=O) groups excluding carboxylic acids is 2. The minimum absolute atomic E-state index is 0.0187. The van der Waals surface area contributed by atoms with Gasteiger partial charge in [0, 0.05) is 11.1 Å². The summed E-state index contributed by atoms with van der Waals surface area (Å²) in [6.07, 6.45) is -2.21. The molecule has 1 amide bonds. The van der Waals surface area contributed by atoms with E-state index in [-0.39, 0.29) is 51.7 Å². The van der Waals surface area contributed by atoms with Crippen molar-refractivity contribution in [2.75, 3.05) is 6.54 Å². The molecule has 228 valence electrons. The van der Waals surface area contributed by atoms with E-state index in [0.717, 1.165) is 10.9 Å². The number of rotatable bonds is 7. The van der Waals surface area contributed by atoms with Crippen molar-refractivity contribution < 1.29 is 32.7 Å². The summed E-state index contributed by atoms with van der Waals surface area (Å²) in [7, 11) is 0. The highest BCUT2D eigenvalue weighted by molar-refractivity contribution is 6.42. The van der Waals surface area contributed by atoms with Crippen molar-refractivity contribution in [2.45, 2.75) is 77.6 Å². The van der Waals surface area contributed by atoms with Crippen LogP contribution < -0.4 is 0 Å². The molecule has 3 atom stereocenters. The molecule has 1 aromatic heterocycles. The van der Waals surface area contributed by atoms with Gasteiger partial charge in [0.15, 0.2) is 11.5 Å². The van der Waals surface area contributed by atoms with Gasteiger partial charge in [-0.25, -0.2) is 0 Å². The maximum atomic E-state index is 14.6. The molecule has 0 aliphatic heterocycles. The summed E-state index contributed by atoms with van der Waals surface area (Å²) in [5.41, 5.74) is -2.85. The van der Waals surface area contributed by atoms with Gasteiger partial charge in [0.25, 0.3) is 5.91 Å². The van der Waals surface area contributed by atoms with Crippen molar-refractivity contribution in [1.82, 2.24) is 14.7 Å². The van der Waals surface area contributed by atoms with Crippen LogP contribution in [0.2, 0.25) is 15.1 Å². The molecule has 3 fully saturated rings. The third-order valence-corrected chi connectivity index (χ3v) is 10.7. The van der Waals surface area contributed by atoms with Gasteiger partial charge in [-0.3, -0.25) is 19.1 Å². The van der Waals surface area contributed by atoms with Crippen molar-refractivity contribution in [3.8, 4) is 0 Å². The predicted molar refractivity (Wildman–Crippen MR) is 151 cm³/mol. The number of hydrogen-bond donors (Lipinski definition) is 1. The van der Waals surface area contributed by atoms with E-state index in [1.54, 1.807) is 6.92 Å². The van der Waals surface area contributed by atoms with Crippen LogP contribution >= 0.6 is 34.8 Å². The van der Waals surface area contributed by atoms with Crippen molar-refractivity contribution in [1.29, 1.82) is 0 Å². The van der Waals surface area contributed by atoms with Gasteiger partial charge >= 0.3 is 12.1 Å². The molecule has 1 aromatic carbocycles. The zero-order chi connectivity index (χ0) is 30.9. The Labute approximate surface area is 256 Å². The van der Waals surface area contributed by atoms with Gasteiger partial charge in [-0.15, -0.1) is 0 Å². The number of amides is 1. The number of aromatic nitrogens is 2. The van der Waals surface area contributed by atoms with E-state index >= 15 is 0 Å². The second-order valence-corrected chi connectivity index (χ2v) is 14.0. The summed E-state index contributed by atoms with van der Waals surface area (Å²) in [5, 5.41) is 13.7. The summed E-state index contributed by atoms with van der Waals surface area (Å²) in [6, 6.07) is 1.50. The van der Waals surface area contributed by atoms with Crippen LogP contribution in [0.4, 0.5) is 13.2 Å². The average molecular weight is 649 g/mol. The second-order valence-electron chi connectivity index (χ2n) is 12.7. The molecular weight excluding hydrogens is 618 g/mol. The Morgan fingerprint density at radius 2 is 1.60 bits per heavy atom. The van der Waals surface area contributed by atoms with Crippen LogP contribution in [0.15, 0.2) is 18.3 Å². The number of alkyl halides is 3. The first-order valence-corrected chi connectivity index (χ1v) is 15.0. The largest absolute Gasteiger partial charge is 0.481 e. The number of Topliss-reactive ketones (excluding diaryl/α,β-unsaturated/α-hetero) is 1. The number of nitrogens with zero attached hydrogens (tertiary/aromatic N) is 3. The van der Waals surface area contributed by atoms with Crippen LogP contribution in [-0.2, 0) is 11.0 Å². The lowest BCUT2D eigenvalue weighted by molar-refractivity contribution is -0.152. The number of benzene rings is 1. The summed E-state index contributed by atoms with van der Waals surface area (Å²) in [6.45, 7) is 5.30. The summed E-state index contributed by atoms with van der Waals surface area (Å²) in [4.78, 5) is 40.4. The monoisotopic (exact) mass is 647 g/mol. The minimum atomic E-state index is -4.92. The van der Waals surface area contributed by atoms with Crippen LogP contribution in [0, 0.1) is 22.7 Å². The number of carboxylic acid groups (broad SMARTS) is 1. The van der Waals surface area contributed by atoms with E-state index in [1.165, 1.54) is 17.0 Å². The first-order valence-electron chi connectivity index (χ1n) is 13.8. The highest BCUT2D eigenvalue weighted by Crippen LogP contribution is 2.67. The maximum absolute atomic E-state index is 14.6. The van der Waals surface area contributed by atoms with Gasteiger partial charge in [-0.1, -0.05) is 48.7 Å². The molecule has 3 saturated carbocycles. The molecule has 0 spiro atoms. The van der Waals surface area contributed by atoms with Crippen molar-refractivity contribution >= 4 is 52.5 Å². The van der Waals surface area contributed by atoms with Gasteiger partial charge < -0.3 is 10.0 Å². The highest BCUT2D eigenvalue weighted by Gasteiger charge is 2.63. The molecule has 1 N–H and O–H groups in total. The fourth-order valence-corrected chi connectivity index (χ4v) is 8.10. The molecule has 5 rings (SSSR count). The number of aliphatic carboxylic acids is 1. The van der Waals surface area contributed by atoms with Crippen LogP contribution in [0.25, 0.3) is 0 Å². The molecule has 3 aliphatic carbocycles. The fraction of sp³-hybridized carbons (Fsp3) is 0.586. The molecular formula is C29H31Cl3F3N3O4. The van der Waals surface area contributed by atoms with Gasteiger partial charge in [0.2, 0.25) is 0 Å². The van der Waals surface area contributed by atoms with Crippen molar-refractivity contribution in [3.05, 3.63) is 50.2 Å². The molecule has 0 radical (unpaired) electrons. The Balaban J connectivity index is 1.48. The molecule has 0 bridgehead atoms. The van der Waals surface area contributed by atoms with E-state index in [9.17, 15) is 32.7 Å². The van der Waals surface area contributed by atoms with Gasteiger partial charge in [0.05, 0.1) is 45.4 Å². The van der Waals surface area contributed by atoms with Gasteiger partial charge in [-0.2, -0.15) is 18.3 Å². The van der Waals surface area contributed by atoms with Crippen LogP contribution in [-0.4, -0.2) is 50.0 Å². The second kappa shape index (κ2) is 10.7. The average Bonchev–Trinajstić information content (AvgIpc) is 3.30. The topological polar surface area (TPSA) is 92.5 Å².